The molecule has 0 aromatic heterocycles. The lowest BCUT2D eigenvalue weighted by atomic mass is 10.2. The molecule has 0 saturated heterocycles. The van der Waals surface area contributed by atoms with Gasteiger partial charge in [-0.05, 0) is 30.3 Å². The molecule has 0 spiro atoms. The van der Waals surface area contributed by atoms with E-state index < -0.39 is 5.91 Å². The number of carbonyl (C=O) groups excluding carboxylic acids is 2. The maximum absolute atomic E-state index is 11.8. The minimum atomic E-state index is -0.469. The van der Waals surface area contributed by atoms with Crippen molar-refractivity contribution >= 4 is 40.7 Å². The molecule has 0 bridgehead atoms. The number of amides is 2. The molecule has 0 fully saturated rings. The van der Waals surface area contributed by atoms with Gasteiger partial charge in [0.1, 0.15) is 5.75 Å². The molecule has 2 rings (SSSR count). The second-order valence-corrected chi connectivity index (χ2v) is 5.76. The van der Waals surface area contributed by atoms with Gasteiger partial charge in [-0.1, -0.05) is 35.2 Å². The molecule has 25 heavy (non-hydrogen) atoms. The van der Waals surface area contributed by atoms with Crippen LogP contribution in [0.25, 0.3) is 0 Å². The Kier molecular flexibility index (Phi) is 6.70. The number of halogens is 2. The third kappa shape index (κ3) is 6.03. The Balaban J connectivity index is 1.78. The molecule has 0 aliphatic heterocycles. The van der Waals surface area contributed by atoms with Gasteiger partial charge in [0.25, 0.3) is 5.91 Å². The van der Waals surface area contributed by atoms with E-state index in [0.29, 0.717) is 27.0 Å². The standard InChI is InChI=1S/C18H14Cl2N2O3/c1-2-12-4-3-5-14(8-12)22-17(23)10-21-18(24)11-25-16-9-13(19)6-7-15(16)20/h1,3-9H,10-11H2,(H,21,24)(H,22,23). The molecule has 7 heteroatoms. The van der Waals surface area contributed by atoms with Crippen LogP contribution < -0.4 is 15.4 Å². The number of hydrogen-bond acceptors (Lipinski definition) is 3. The van der Waals surface area contributed by atoms with Crippen LogP contribution in [0, 0.1) is 12.3 Å². The van der Waals surface area contributed by atoms with Crippen LogP contribution in [0.2, 0.25) is 10.0 Å². The van der Waals surface area contributed by atoms with Crippen molar-refractivity contribution in [3.63, 3.8) is 0 Å². The summed E-state index contributed by atoms with van der Waals surface area (Å²) in [7, 11) is 0. The zero-order chi connectivity index (χ0) is 18.2. The smallest absolute Gasteiger partial charge is 0.258 e. The molecule has 0 unspecified atom stereocenters. The van der Waals surface area contributed by atoms with Crippen LogP contribution >= 0.6 is 23.2 Å². The molecule has 5 nitrogen and oxygen atoms in total. The van der Waals surface area contributed by atoms with E-state index in [1.165, 1.54) is 6.07 Å². The minimum Gasteiger partial charge on any atom is -0.482 e. The van der Waals surface area contributed by atoms with E-state index in [9.17, 15) is 9.59 Å². The first-order valence-electron chi connectivity index (χ1n) is 7.19. The molecule has 2 N–H and O–H groups in total. The zero-order valence-electron chi connectivity index (χ0n) is 13.0. The molecule has 0 aliphatic rings. The number of anilines is 1. The van der Waals surface area contributed by atoms with Gasteiger partial charge in [0.05, 0.1) is 11.6 Å². The van der Waals surface area contributed by atoms with Gasteiger partial charge in [0.15, 0.2) is 6.61 Å². The Morgan fingerprint density at radius 2 is 1.92 bits per heavy atom. The van der Waals surface area contributed by atoms with Crippen LogP contribution in [-0.4, -0.2) is 25.0 Å². The quantitative estimate of drug-likeness (QED) is 0.761. The molecule has 0 saturated carbocycles. The molecular formula is C18H14Cl2N2O3. The highest BCUT2D eigenvalue weighted by molar-refractivity contribution is 6.34. The number of nitrogens with one attached hydrogen (secondary N) is 2. The van der Waals surface area contributed by atoms with E-state index in [1.807, 2.05) is 0 Å². The largest absolute Gasteiger partial charge is 0.482 e. The summed E-state index contributed by atoms with van der Waals surface area (Å²) >= 11 is 11.8. The SMILES string of the molecule is C#Cc1cccc(NC(=O)CNC(=O)COc2cc(Cl)ccc2Cl)c1. The second kappa shape index (κ2) is 8.97. The topological polar surface area (TPSA) is 67.4 Å². The Bertz CT molecular complexity index is 831. The Morgan fingerprint density at radius 3 is 2.68 bits per heavy atom. The average Bonchev–Trinajstić information content (AvgIpc) is 2.61. The fraction of sp³-hybridized carbons (Fsp3) is 0.111. The van der Waals surface area contributed by atoms with E-state index >= 15 is 0 Å². The Labute approximate surface area is 155 Å². The van der Waals surface area contributed by atoms with Crippen molar-refractivity contribution in [1.82, 2.24) is 5.32 Å². The Hall–Kier alpha value is -2.68. The predicted octanol–water partition coefficient (Wildman–Crippen LogP) is 3.11. The summed E-state index contributed by atoms with van der Waals surface area (Å²) in [5.74, 6) is 1.91. The Morgan fingerprint density at radius 1 is 1.12 bits per heavy atom. The minimum absolute atomic E-state index is 0.203. The molecule has 2 aromatic rings. The molecular weight excluding hydrogens is 363 g/mol. The molecule has 0 atom stereocenters. The fourth-order valence-corrected chi connectivity index (χ4v) is 2.19. The van der Waals surface area contributed by atoms with Crippen LogP contribution in [0.3, 0.4) is 0 Å². The van der Waals surface area contributed by atoms with Gasteiger partial charge >= 0.3 is 0 Å². The van der Waals surface area contributed by atoms with Crippen molar-refractivity contribution in [2.75, 3.05) is 18.5 Å². The average molecular weight is 377 g/mol. The van der Waals surface area contributed by atoms with Crippen LogP contribution in [-0.2, 0) is 9.59 Å². The molecule has 0 aliphatic carbocycles. The lowest BCUT2D eigenvalue weighted by Gasteiger charge is -2.09. The number of rotatable bonds is 6. The van der Waals surface area contributed by atoms with E-state index in [4.69, 9.17) is 34.4 Å². The molecule has 128 valence electrons. The van der Waals surface area contributed by atoms with E-state index in [1.54, 1.807) is 36.4 Å². The van der Waals surface area contributed by atoms with Crippen molar-refractivity contribution in [2.45, 2.75) is 0 Å². The highest BCUT2D eigenvalue weighted by Crippen LogP contribution is 2.27. The van der Waals surface area contributed by atoms with Crippen LogP contribution in [0.1, 0.15) is 5.56 Å². The number of carbonyl (C=O) groups is 2. The summed E-state index contributed by atoms with van der Waals surface area (Å²) in [6, 6.07) is 11.5. The first-order chi connectivity index (χ1) is 12.0. The first-order valence-corrected chi connectivity index (χ1v) is 7.94. The summed E-state index contributed by atoms with van der Waals surface area (Å²) in [4.78, 5) is 23.6. The lowest BCUT2D eigenvalue weighted by Crippen LogP contribution is -2.35. The predicted molar refractivity (Wildman–Crippen MR) is 98.0 cm³/mol. The number of ether oxygens (including phenoxy) is 1. The van der Waals surface area contributed by atoms with Crippen molar-refractivity contribution in [3.8, 4) is 18.1 Å². The van der Waals surface area contributed by atoms with Gasteiger partial charge in [0, 0.05) is 22.3 Å². The van der Waals surface area contributed by atoms with Gasteiger partial charge in [-0.25, -0.2) is 0 Å². The maximum Gasteiger partial charge on any atom is 0.258 e. The first kappa shape index (κ1) is 18.7. The summed E-state index contributed by atoms with van der Waals surface area (Å²) in [6.07, 6.45) is 5.30. The van der Waals surface area contributed by atoms with Gasteiger partial charge < -0.3 is 15.4 Å². The van der Waals surface area contributed by atoms with Gasteiger partial charge in [0.2, 0.25) is 5.91 Å². The summed E-state index contributed by atoms with van der Waals surface area (Å²) in [5.41, 5.74) is 1.20. The summed E-state index contributed by atoms with van der Waals surface area (Å²) in [5, 5.41) is 5.85. The highest BCUT2D eigenvalue weighted by Gasteiger charge is 2.09. The highest BCUT2D eigenvalue weighted by atomic mass is 35.5. The van der Waals surface area contributed by atoms with Crippen LogP contribution in [0.5, 0.6) is 5.75 Å². The molecule has 2 amide bonds. The zero-order valence-corrected chi connectivity index (χ0v) is 14.5. The van der Waals surface area contributed by atoms with Gasteiger partial charge in [-0.2, -0.15) is 0 Å². The van der Waals surface area contributed by atoms with Crippen molar-refractivity contribution < 1.29 is 14.3 Å². The lowest BCUT2D eigenvalue weighted by molar-refractivity contribution is -0.125. The second-order valence-electron chi connectivity index (χ2n) is 4.91. The number of terminal acetylenes is 1. The third-order valence-electron chi connectivity index (χ3n) is 3.01. The molecule has 0 radical (unpaired) electrons. The van der Waals surface area contributed by atoms with Gasteiger partial charge in [-0.3, -0.25) is 9.59 Å². The van der Waals surface area contributed by atoms with E-state index in [2.05, 4.69) is 16.6 Å². The molecule has 0 heterocycles. The van der Waals surface area contributed by atoms with Gasteiger partial charge in [-0.15, -0.1) is 6.42 Å². The van der Waals surface area contributed by atoms with Crippen LogP contribution in [0.4, 0.5) is 5.69 Å². The van der Waals surface area contributed by atoms with E-state index in [-0.39, 0.29) is 19.1 Å². The summed E-state index contributed by atoms with van der Waals surface area (Å²) in [6.45, 7) is -0.494. The maximum atomic E-state index is 11.8. The normalized spacial score (nSPS) is 9.80. The molecule has 2 aromatic carbocycles. The van der Waals surface area contributed by atoms with E-state index in [0.717, 1.165) is 0 Å². The van der Waals surface area contributed by atoms with Crippen molar-refractivity contribution in [3.05, 3.63) is 58.1 Å². The van der Waals surface area contributed by atoms with Crippen molar-refractivity contribution in [2.24, 2.45) is 0 Å². The monoisotopic (exact) mass is 376 g/mol. The number of benzene rings is 2. The number of hydrogen-bond donors (Lipinski definition) is 2. The fourth-order valence-electron chi connectivity index (χ4n) is 1.85. The van der Waals surface area contributed by atoms with Crippen molar-refractivity contribution in [1.29, 1.82) is 0 Å². The summed E-state index contributed by atoms with van der Waals surface area (Å²) < 4.78 is 5.28. The third-order valence-corrected chi connectivity index (χ3v) is 3.56. The van der Waals surface area contributed by atoms with Crippen LogP contribution in [0.15, 0.2) is 42.5 Å².